The molecule has 0 radical (unpaired) electrons. The normalized spacial score (nSPS) is 9.85. The fourth-order valence-corrected chi connectivity index (χ4v) is 2.10. The van der Waals surface area contributed by atoms with E-state index < -0.39 is 16.8 Å². The Morgan fingerprint density at radius 2 is 1.88 bits per heavy atom. The Morgan fingerprint density at radius 1 is 1.19 bits per heavy atom. The van der Waals surface area contributed by atoms with Crippen LogP contribution in [0.15, 0.2) is 48.5 Å². The van der Waals surface area contributed by atoms with Crippen LogP contribution in [-0.2, 0) is 4.79 Å². The maximum atomic E-state index is 11.8. The topological polar surface area (TPSA) is 131 Å². The average molecular weight is 375 g/mol. The van der Waals surface area contributed by atoms with Crippen molar-refractivity contribution in [2.24, 2.45) is 0 Å². The number of hydrogen-bond donors (Lipinski definition) is 3. The molecule has 10 heteroatoms. The number of carboxylic acid groups (broad SMARTS) is 1. The first kappa shape index (κ1) is 18.8. The van der Waals surface area contributed by atoms with E-state index in [0.29, 0.717) is 11.4 Å². The lowest BCUT2D eigenvalue weighted by Gasteiger charge is -2.10. The van der Waals surface area contributed by atoms with Crippen LogP contribution in [0.2, 0.25) is 0 Å². The van der Waals surface area contributed by atoms with Gasteiger partial charge >= 0.3 is 5.97 Å². The van der Waals surface area contributed by atoms with E-state index in [0.717, 1.165) is 0 Å². The summed E-state index contributed by atoms with van der Waals surface area (Å²) in [7, 11) is 0. The molecule has 0 saturated carbocycles. The van der Waals surface area contributed by atoms with Crippen LogP contribution in [0.1, 0.15) is 10.4 Å². The average Bonchev–Trinajstić information content (AvgIpc) is 2.60. The van der Waals surface area contributed by atoms with Crippen LogP contribution in [-0.4, -0.2) is 33.6 Å². The standard InChI is InChI=1S/C16H13N3O6S/c20-14(9-25-13-6-4-12(5-7-13)19(23)24)18-16(26)17-11-3-1-2-10(8-11)15(21)22/h1-8H,9H2,(H,21,22)(H2,17,18,20,26). The monoisotopic (exact) mass is 375 g/mol. The van der Waals surface area contributed by atoms with Gasteiger partial charge in [0, 0.05) is 17.8 Å². The molecule has 0 spiro atoms. The van der Waals surface area contributed by atoms with E-state index in [4.69, 9.17) is 22.1 Å². The summed E-state index contributed by atoms with van der Waals surface area (Å²) in [4.78, 5) is 32.7. The van der Waals surface area contributed by atoms with Crippen LogP contribution >= 0.6 is 12.2 Å². The zero-order valence-electron chi connectivity index (χ0n) is 13.2. The van der Waals surface area contributed by atoms with Gasteiger partial charge in [0.2, 0.25) is 0 Å². The molecule has 0 saturated heterocycles. The number of anilines is 1. The van der Waals surface area contributed by atoms with Crippen molar-refractivity contribution >= 4 is 40.6 Å². The second-order valence-corrected chi connectivity index (χ2v) is 5.34. The van der Waals surface area contributed by atoms with Crippen molar-refractivity contribution in [1.29, 1.82) is 0 Å². The number of nitro groups is 1. The maximum absolute atomic E-state index is 11.8. The van der Waals surface area contributed by atoms with Gasteiger partial charge in [0.1, 0.15) is 5.75 Å². The molecule has 0 unspecified atom stereocenters. The van der Waals surface area contributed by atoms with Crippen molar-refractivity contribution in [3.63, 3.8) is 0 Å². The number of hydrogen-bond acceptors (Lipinski definition) is 6. The van der Waals surface area contributed by atoms with Crippen LogP contribution in [0, 0.1) is 10.1 Å². The number of rotatable bonds is 6. The summed E-state index contributed by atoms with van der Waals surface area (Å²) in [5, 5.41) is 24.5. The van der Waals surface area contributed by atoms with Gasteiger partial charge in [-0.1, -0.05) is 6.07 Å². The van der Waals surface area contributed by atoms with Crippen molar-refractivity contribution in [3.05, 3.63) is 64.2 Å². The summed E-state index contributed by atoms with van der Waals surface area (Å²) >= 11 is 4.98. The van der Waals surface area contributed by atoms with Gasteiger partial charge in [0.05, 0.1) is 10.5 Å². The predicted octanol–water partition coefficient (Wildman–Crippen LogP) is 2.18. The molecular weight excluding hydrogens is 362 g/mol. The fraction of sp³-hybridized carbons (Fsp3) is 0.0625. The van der Waals surface area contributed by atoms with Crippen molar-refractivity contribution in [2.45, 2.75) is 0 Å². The minimum Gasteiger partial charge on any atom is -0.484 e. The van der Waals surface area contributed by atoms with Gasteiger partial charge in [0.25, 0.3) is 11.6 Å². The fourth-order valence-electron chi connectivity index (χ4n) is 1.87. The first-order valence-corrected chi connectivity index (χ1v) is 7.57. The summed E-state index contributed by atoms with van der Waals surface area (Å²) in [5.74, 6) is -1.34. The first-order valence-electron chi connectivity index (χ1n) is 7.16. The summed E-state index contributed by atoms with van der Waals surface area (Å²) in [6.07, 6.45) is 0. The number of nitrogens with one attached hydrogen (secondary N) is 2. The molecule has 9 nitrogen and oxygen atoms in total. The Labute approximate surface area is 152 Å². The van der Waals surface area contributed by atoms with Crippen LogP contribution in [0.3, 0.4) is 0 Å². The van der Waals surface area contributed by atoms with Crippen LogP contribution in [0.4, 0.5) is 11.4 Å². The first-order chi connectivity index (χ1) is 12.3. The lowest BCUT2D eigenvalue weighted by atomic mass is 10.2. The number of carbonyl (C=O) groups excluding carboxylic acids is 1. The molecule has 3 N–H and O–H groups in total. The Balaban J connectivity index is 1.83. The second-order valence-electron chi connectivity index (χ2n) is 4.93. The minimum absolute atomic E-state index is 0.0233. The largest absolute Gasteiger partial charge is 0.484 e. The third kappa shape index (κ3) is 5.53. The molecular formula is C16H13N3O6S. The molecule has 0 aliphatic carbocycles. The Kier molecular flexibility index (Phi) is 6.17. The molecule has 26 heavy (non-hydrogen) atoms. The van der Waals surface area contributed by atoms with E-state index >= 15 is 0 Å². The third-order valence-corrected chi connectivity index (χ3v) is 3.24. The van der Waals surface area contributed by atoms with Gasteiger partial charge in [-0.2, -0.15) is 0 Å². The SMILES string of the molecule is O=C(COc1ccc([N+](=O)[O-])cc1)NC(=S)Nc1cccc(C(=O)O)c1. The molecule has 2 aromatic carbocycles. The second kappa shape index (κ2) is 8.53. The Bertz CT molecular complexity index is 853. The molecule has 1 amide bonds. The summed E-state index contributed by atoms with van der Waals surface area (Å²) < 4.78 is 5.20. The van der Waals surface area contributed by atoms with E-state index in [1.165, 1.54) is 42.5 Å². The lowest BCUT2D eigenvalue weighted by molar-refractivity contribution is -0.384. The highest BCUT2D eigenvalue weighted by Gasteiger charge is 2.09. The molecule has 0 aliphatic rings. The number of nitro benzene ring substituents is 1. The number of aromatic carboxylic acids is 1. The lowest BCUT2D eigenvalue weighted by Crippen LogP contribution is -2.37. The van der Waals surface area contributed by atoms with Crippen LogP contribution < -0.4 is 15.4 Å². The highest BCUT2D eigenvalue weighted by molar-refractivity contribution is 7.80. The van der Waals surface area contributed by atoms with Crippen molar-refractivity contribution in [2.75, 3.05) is 11.9 Å². The molecule has 0 aromatic heterocycles. The molecule has 0 bridgehead atoms. The summed E-state index contributed by atoms with van der Waals surface area (Å²) in [5.41, 5.74) is 0.396. The van der Waals surface area contributed by atoms with E-state index in [9.17, 15) is 19.7 Å². The minimum atomic E-state index is -1.08. The predicted molar refractivity (Wildman–Crippen MR) is 96.4 cm³/mol. The number of benzene rings is 2. The van der Waals surface area contributed by atoms with Gasteiger partial charge in [-0.15, -0.1) is 0 Å². The maximum Gasteiger partial charge on any atom is 0.335 e. The number of thiocarbonyl (C=S) groups is 1. The zero-order chi connectivity index (χ0) is 19.1. The molecule has 0 heterocycles. The highest BCUT2D eigenvalue weighted by Crippen LogP contribution is 2.17. The molecule has 0 fully saturated rings. The van der Waals surface area contributed by atoms with Crippen LogP contribution in [0.5, 0.6) is 5.75 Å². The number of carboxylic acids is 1. The van der Waals surface area contributed by atoms with E-state index in [1.54, 1.807) is 6.07 Å². The summed E-state index contributed by atoms with van der Waals surface area (Å²) in [6.45, 7) is -0.352. The van der Waals surface area contributed by atoms with Gasteiger partial charge in [-0.25, -0.2) is 4.79 Å². The molecule has 0 aliphatic heterocycles. The number of nitrogens with zero attached hydrogens (tertiary/aromatic N) is 1. The van der Waals surface area contributed by atoms with Gasteiger partial charge in [0.15, 0.2) is 11.7 Å². The Morgan fingerprint density at radius 3 is 2.50 bits per heavy atom. The van der Waals surface area contributed by atoms with Crippen molar-refractivity contribution < 1.29 is 24.4 Å². The number of carbonyl (C=O) groups is 2. The van der Waals surface area contributed by atoms with Crippen molar-refractivity contribution in [3.8, 4) is 5.75 Å². The van der Waals surface area contributed by atoms with Gasteiger partial charge in [-0.3, -0.25) is 20.2 Å². The zero-order valence-corrected chi connectivity index (χ0v) is 14.0. The van der Waals surface area contributed by atoms with E-state index in [2.05, 4.69) is 10.6 Å². The molecule has 2 aromatic rings. The molecule has 0 atom stereocenters. The number of ether oxygens (including phenoxy) is 1. The van der Waals surface area contributed by atoms with Crippen LogP contribution in [0.25, 0.3) is 0 Å². The highest BCUT2D eigenvalue weighted by atomic mass is 32.1. The van der Waals surface area contributed by atoms with E-state index in [1.807, 2.05) is 0 Å². The quantitative estimate of drug-likeness (QED) is 0.398. The summed E-state index contributed by atoms with van der Waals surface area (Å²) in [6, 6.07) is 11.2. The van der Waals surface area contributed by atoms with Gasteiger partial charge < -0.3 is 15.2 Å². The third-order valence-electron chi connectivity index (χ3n) is 3.04. The molecule has 134 valence electrons. The van der Waals surface area contributed by atoms with Crippen molar-refractivity contribution in [1.82, 2.24) is 5.32 Å². The number of non-ortho nitro benzene ring substituents is 1. The number of amides is 1. The smallest absolute Gasteiger partial charge is 0.335 e. The molecule has 2 rings (SSSR count). The Hall–Kier alpha value is -3.53. The van der Waals surface area contributed by atoms with Gasteiger partial charge in [-0.05, 0) is 42.5 Å². The van der Waals surface area contributed by atoms with E-state index in [-0.39, 0.29) is 23.0 Å².